The number of amides is 1. The molecule has 1 aliphatic rings. The highest BCUT2D eigenvalue weighted by atomic mass is 35.5. The van der Waals surface area contributed by atoms with Gasteiger partial charge in [0.25, 0.3) is 5.91 Å². The van der Waals surface area contributed by atoms with Gasteiger partial charge in [0.15, 0.2) is 11.4 Å². The number of hydrogen-bond donors (Lipinski definition) is 1. The molecule has 0 aliphatic carbocycles. The number of ketones is 1. The first kappa shape index (κ1) is 20.8. The molecule has 0 radical (unpaired) electrons. The molecule has 1 aromatic heterocycles. The molecule has 1 N–H and O–H groups in total. The van der Waals surface area contributed by atoms with Crippen molar-refractivity contribution in [2.24, 2.45) is 0 Å². The number of aryl methyl sites for hydroxylation is 3. The fourth-order valence-electron chi connectivity index (χ4n) is 4.35. The van der Waals surface area contributed by atoms with Crippen molar-refractivity contribution in [2.75, 3.05) is 4.90 Å². The van der Waals surface area contributed by atoms with Gasteiger partial charge in [0.1, 0.15) is 0 Å². The highest BCUT2D eigenvalue weighted by Gasteiger charge is 2.51. The van der Waals surface area contributed by atoms with Gasteiger partial charge >= 0.3 is 0 Å². The zero-order valence-corrected chi connectivity index (χ0v) is 18.6. The van der Waals surface area contributed by atoms with Gasteiger partial charge in [-0.1, -0.05) is 35.4 Å². The predicted molar refractivity (Wildman–Crippen MR) is 120 cm³/mol. The first-order chi connectivity index (χ1) is 14.2. The van der Waals surface area contributed by atoms with Gasteiger partial charge < -0.3 is 10.0 Å². The van der Waals surface area contributed by atoms with Gasteiger partial charge in [-0.25, -0.2) is 0 Å². The number of aliphatic hydroxyl groups is 1. The number of rotatable bonds is 5. The molecule has 1 atom stereocenters. The van der Waals surface area contributed by atoms with E-state index in [-0.39, 0.29) is 12.2 Å². The second-order valence-corrected chi connectivity index (χ2v) is 9.33. The largest absolute Gasteiger partial charge is 0.375 e. The Hall–Kier alpha value is -2.47. The van der Waals surface area contributed by atoms with Crippen LogP contribution in [0.5, 0.6) is 0 Å². The summed E-state index contributed by atoms with van der Waals surface area (Å²) in [5.41, 5.74) is 2.33. The number of halogens is 1. The Kier molecular flexibility index (Phi) is 5.30. The molecule has 1 unspecified atom stereocenters. The third-order valence-electron chi connectivity index (χ3n) is 5.56. The molecule has 3 aromatic rings. The number of carbonyl (C=O) groups is 2. The third-order valence-corrected chi connectivity index (χ3v) is 6.66. The molecule has 154 valence electrons. The highest BCUT2D eigenvalue weighted by molar-refractivity contribution is 7.09. The SMILES string of the molecule is Cc1cc(C)c(C(=O)CC2(O)C(=O)N(Cc3cccs3)c3ccc(Cl)cc32)c(C)c1. The molecule has 0 saturated heterocycles. The van der Waals surface area contributed by atoms with E-state index in [1.54, 1.807) is 23.1 Å². The monoisotopic (exact) mass is 439 g/mol. The van der Waals surface area contributed by atoms with Crippen LogP contribution < -0.4 is 4.90 Å². The van der Waals surface area contributed by atoms with Crippen molar-refractivity contribution in [1.82, 2.24) is 0 Å². The minimum atomic E-state index is -1.95. The lowest BCUT2D eigenvalue weighted by molar-refractivity contribution is -0.136. The van der Waals surface area contributed by atoms with Crippen LogP contribution in [-0.4, -0.2) is 16.8 Å². The number of fused-ring (bicyclic) bond motifs is 1. The number of nitrogens with zero attached hydrogens (tertiary/aromatic N) is 1. The molecule has 0 bridgehead atoms. The molecular weight excluding hydrogens is 418 g/mol. The van der Waals surface area contributed by atoms with E-state index < -0.39 is 11.5 Å². The van der Waals surface area contributed by atoms with Crippen molar-refractivity contribution in [2.45, 2.75) is 39.3 Å². The summed E-state index contributed by atoms with van der Waals surface area (Å²) in [7, 11) is 0. The smallest absolute Gasteiger partial charge is 0.264 e. The maximum Gasteiger partial charge on any atom is 0.264 e. The van der Waals surface area contributed by atoms with Crippen LogP contribution in [-0.2, 0) is 16.9 Å². The van der Waals surface area contributed by atoms with Crippen LogP contribution in [0.3, 0.4) is 0 Å². The van der Waals surface area contributed by atoms with E-state index in [2.05, 4.69) is 0 Å². The van der Waals surface area contributed by atoms with Crippen LogP contribution in [0.1, 0.15) is 43.9 Å². The van der Waals surface area contributed by atoms with E-state index in [1.165, 1.54) is 11.3 Å². The van der Waals surface area contributed by atoms with Crippen LogP contribution in [0.2, 0.25) is 5.02 Å². The molecule has 0 spiro atoms. The lowest BCUT2D eigenvalue weighted by Gasteiger charge is -2.23. The summed E-state index contributed by atoms with van der Waals surface area (Å²) in [5.74, 6) is -0.756. The number of Topliss-reactive ketones (excluding diaryl/α,β-unsaturated/α-hetero) is 1. The summed E-state index contributed by atoms with van der Waals surface area (Å²) in [4.78, 5) is 29.2. The molecule has 0 saturated carbocycles. The number of anilines is 1. The third kappa shape index (κ3) is 3.47. The number of benzene rings is 2. The van der Waals surface area contributed by atoms with Crippen molar-refractivity contribution in [3.63, 3.8) is 0 Å². The van der Waals surface area contributed by atoms with Crippen molar-refractivity contribution in [3.05, 3.63) is 85.6 Å². The topological polar surface area (TPSA) is 57.6 Å². The fourth-order valence-corrected chi connectivity index (χ4v) is 5.21. The Balaban J connectivity index is 1.75. The lowest BCUT2D eigenvalue weighted by atomic mass is 9.85. The van der Waals surface area contributed by atoms with Crippen molar-refractivity contribution < 1.29 is 14.7 Å². The second kappa shape index (κ2) is 7.65. The second-order valence-electron chi connectivity index (χ2n) is 7.87. The number of hydrogen-bond acceptors (Lipinski definition) is 4. The van der Waals surface area contributed by atoms with Gasteiger partial charge in [0.05, 0.1) is 18.7 Å². The van der Waals surface area contributed by atoms with Crippen molar-refractivity contribution in [3.8, 4) is 0 Å². The molecule has 2 heterocycles. The maximum absolute atomic E-state index is 13.4. The number of thiophene rings is 1. The van der Waals surface area contributed by atoms with Crippen molar-refractivity contribution >= 4 is 40.3 Å². The predicted octanol–water partition coefficient (Wildman–Crippen LogP) is 5.33. The Morgan fingerprint density at radius 2 is 1.83 bits per heavy atom. The number of carbonyl (C=O) groups excluding carboxylic acids is 2. The average Bonchev–Trinajstić information content (AvgIpc) is 3.23. The summed E-state index contributed by atoms with van der Waals surface area (Å²) >= 11 is 7.72. The molecule has 30 heavy (non-hydrogen) atoms. The lowest BCUT2D eigenvalue weighted by Crippen LogP contribution is -2.41. The van der Waals surface area contributed by atoms with Crippen LogP contribution in [0.15, 0.2) is 47.8 Å². The molecule has 2 aromatic carbocycles. The molecule has 0 fully saturated rings. The summed E-state index contributed by atoms with van der Waals surface area (Å²) in [6.45, 7) is 6.07. The summed E-state index contributed by atoms with van der Waals surface area (Å²) in [6.07, 6.45) is -0.329. The van der Waals surface area contributed by atoms with E-state index in [1.807, 2.05) is 50.4 Å². The Morgan fingerprint density at radius 1 is 1.13 bits per heavy atom. The maximum atomic E-state index is 13.4. The van der Waals surface area contributed by atoms with Gasteiger partial charge in [0, 0.05) is 21.0 Å². The van der Waals surface area contributed by atoms with E-state index >= 15 is 0 Å². The summed E-state index contributed by atoms with van der Waals surface area (Å²) in [6, 6.07) is 12.7. The quantitative estimate of drug-likeness (QED) is 0.546. The Morgan fingerprint density at radius 3 is 2.47 bits per heavy atom. The van der Waals surface area contributed by atoms with Gasteiger partial charge in [-0.15, -0.1) is 11.3 Å². The fraction of sp³-hybridized carbons (Fsp3) is 0.250. The van der Waals surface area contributed by atoms with Gasteiger partial charge in [0.2, 0.25) is 0 Å². The molecule has 1 amide bonds. The van der Waals surface area contributed by atoms with Crippen LogP contribution in [0.4, 0.5) is 5.69 Å². The van der Waals surface area contributed by atoms with Crippen LogP contribution in [0, 0.1) is 20.8 Å². The Labute approximate surface area is 184 Å². The minimum Gasteiger partial charge on any atom is -0.375 e. The van der Waals surface area contributed by atoms with Gasteiger partial charge in [-0.3, -0.25) is 9.59 Å². The highest BCUT2D eigenvalue weighted by Crippen LogP contribution is 2.45. The van der Waals surface area contributed by atoms with E-state index in [0.717, 1.165) is 21.6 Å². The van der Waals surface area contributed by atoms with E-state index in [9.17, 15) is 14.7 Å². The zero-order chi connectivity index (χ0) is 21.6. The summed E-state index contributed by atoms with van der Waals surface area (Å²) < 4.78 is 0. The molecule has 4 rings (SSSR count). The zero-order valence-electron chi connectivity index (χ0n) is 17.0. The van der Waals surface area contributed by atoms with Gasteiger partial charge in [-0.2, -0.15) is 0 Å². The first-order valence-electron chi connectivity index (χ1n) is 9.68. The van der Waals surface area contributed by atoms with E-state index in [0.29, 0.717) is 28.4 Å². The standard InChI is InChI=1S/C24H22ClNO3S/c1-14-9-15(2)22(16(3)10-14)21(27)12-24(29)19-11-17(25)6-7-20(19)26(23(24)28)13-18-5-4-8-30-18/h4-11,29H,12-13H2,1-3H3. The molecule has 1 aliphatic heterocycles. The average molecular weight is 440 g/mol. The van der Waals surface area contributed by atoms with Gasteiger partial charge in [-0.05, 0) is 61.5 Å². The minimum absolute atomic E-state index is 0.259. The van der Waals surface area contributed by atoms with E-state index in [4.69, 9.17) is 11.6 Å². The van der Waals surface area contributed by atoms with Crippen LogP contribution in [0.25, 0.3) is 0 Å². The molecule has 6 heteroatoms. The Bertz CT molecular complexity index is 1130. The van der Waals surface area contributed by atoms with Crippen molar-refractivity contribution in [1.29, 1.82) is 0 Å². The van der Waals surface area contributed by atoms with Crippen LogP contribution >= 0.6 is 22.9 Å². The summed E-state index contributed by atoms with van der Waals surface area (Å²) in [5, 5.41) is 13.9. The molecular formula is C24H22ClNO3S. The molecule has 4 nitrogen and oxygen atoms in total. The normalized spacial score (nSPS) is 18.0. The first-order valence-corrected chi connectivity index (χ1v) is 10.9.